The van der Waals surface area contributed by atoms with Gasteiger partial charge in [-0.25, -0.2) is 4.98 Å². The molecule has 1 amide bonds. The minimum Gasteiger partial charge on any atom is -0.364 e. The molecule has 0 unspecified atom stereocenters. The van der Waals surface area contributed by atoms with Gasteiger partial charge in [0.1, 0.15) is 5.82 Å². The highest BCUT2D eigenvalue weighted by Crippen LogP contribution is 2.29. The van der Waals surface area contributed by atoms with Gasteiger partial charge in [0, 0.05) is 19.0 Å². The zero-order chi connectivity index (χ0) is 17.5. The number of hydrogen-bond donors (Lipinski definition) is 1. The molecular formula is C21H20N4O. The van der Waals surface area contributed by atoms with Crippen molar-refractivity contribution in [2.24, 2.45) is 0 Å². The van der Waals surface area contributed by atoms with Crippen molar-refractivity contribution in [3.63, 3.8) is 0 Å². The summed E-state index contributed by atoms with van der Waals surface area (Å²) in [7, 11) is 0. The number of hydrogen-bond acceptors (Lipinski definition) is 4. The van der Waals surface area contributed by atoms with Gasteiger partial charge >= 0.3 is 0 Å². The van der Waals surface area contributed by atoms with Crippen molar-refractivity contribution < 1.29 is 4.79 Å². The van der Waals surface area contributed by atoms with Crippen molar-refractivity contribution in [2.45, 2.75) is 31.3 Å². The quantitative estimate of drug-likeness (QED) is 0.794. The summed E-state index contributed by atoms with van der Waals surface area (Å²) in [5.74, 6) is 0.965. The summed E-state index contributed by atoms with van der Waals surface area (Å²) in [5.41, 5.74) is 4.50. The highest BCUT2D eigenvalue weighted by molar-refractivity contribution is 5.81. The highest BCUT2D eigenvalue weighted by atomic mass is 16.2. The van der Waals surface area contributed by atoms with Crippen LogP contribution in [0.15, 0.2) is 54.7 Å². The summed E-state index contributed by atoms with van der Waals surface area (Å²) in [4.78, 5) is 23.7. The van der Waals surface area contributed by atoms with Gasteiger partial charge in [0.15, 0.2) is 0 Å². The van der Waals surface area contributed by atoms with Crippen molar-refractivity contribution in [3.8, 4) is 0 Å². The molecule has 1 aliphatic heterocycles. The fourth-order valence-corrected chi connectivity index (χ4v) is 4.17. The van der Waals surface area contributed by atoms with Gasteiger partial charge in [-0.1, -0.05) is 36.4 Å². The predicted octanol–water partition coefficient (Wildman–Crippen LogP) is 2.81. The number of carbonyl (C=O) groups is 1. The maximum Gasteiger partial charge on any atom is 0.225 e. The van der Waals surface area contributed by atoms with Crippen molar-refractivity contribution in [2.75, 3.05) is 11.9 Å². The van der Waals surface area contributed by atoms with Crippen LogP contribution in [0.4, 0.5) is 5.82 Å². The van der Waals surface area contributed by atoms with Crippen molar-refractivity contribution in [3.05, 3.63) is 65.9 Å². The molecule has 0 saturated carbocycles. The number of para-hydroxylation sites is 2. The molecule has 5 rings (SSSR count). The normalized spacial score (nSPS) is 19.9. The molecule has 2 aromatic carbocycles. The van der Waals surface area contributed by atoms with Crippen LogP contribution < -0.4 is 5.32 Å². The molecule has 5 heteroatoms. The minimum absolute atomic E-state index is 0.0849. The summed E-state index contributed by atoms with van der Waals surface area (Å²) in [6.07, 6.45) is 4.19. The largest absolute Gasteiger partial charge is 0.364 e. The first kappa shape index (κ1) is 15.3. The van der Waals surface area contributed by atoms with Gasteiger partial charge in [-0.05, 0) is 36.1 Å². The van der Waals surface area contributed by atoms with Crippen LogP contribution in [-0.2, 0) is 17.6 Å². The fraction of sp³-hybridized carbons (Fsp3) is 0.286. The smallest absolute Gasteiger partial charge is 0.225 e. The van der Waals surface area contributed by atoms with E-state index in [-0.39, 0.29) is 18.0 Å². The number of fused-ring (bicyclic) bond motifs is 2. The zero-order valence-corrected chi connectivity index (χ0v) is 14.4. The predicted molar refractivity (Wildman–Crippen MR) is 101 cm³/mol. The number of rotatable bonds is 3. The molecule has 2 heterocycles. The third-order valence-electron chi connectivity index (χ3n) is 5.43. The van der Waals surface area contributed by atoms with Crippen LogP contribution in [0.3, 0.4) is 0 Å². The monoisotopic (exact) mass is 344 g/mol. The van der Waals surface area contributed by atoms with Crippen LogP contribution in [0.2, 0.25) is 0 Å². The molecule has 130 valence electrons. The molecule has 26 heavy (non-hydrogen) atoms. The lowest BCUT2D eigenvalue weighted by molar-refractivity contribution is -0.129. The number of nitrogens with one attached hydrogen (secondary N) is 1. The van der Waals surface area contributed by atoms with E-state index < -0.39 is 0 Å². The summed E-state index contributed by atoms with van der Waals surface area (Å²) < 4.78 is 0. The Bertz CT molecular complexity index is 961. The van der Waals surface area contributed by atoms with Gasteiger partial charge in [0.25, 0.3) is 0 Å². The third kappa shape index (κ3) is 2.69. The van der Waals surface area contributed by atoms with Crippen LogP contribution in [0.25, 0.3) is 11.0 Å². The molecule has 2 aliphatic rings. The maximum absolute atomic E-state index is 12.6. The number of amides is 1. The highest BCUT2D eigenvalue weighted by Gasteiger charge is 2.37. The number of benzene rings is 2. The molecule has 1 N–H and O–H groups in total. The Morgan fingerprint density at radius 2 is 1.62 bits per heavy atom. The van der Waals surface area contributed by atoms with E-state index in [1.54, 1.807) is 6.20 Å². The molecule has 1 fully saturated rings. The Hall–Kier alpha value is -2.95. The van der Waals surface area contributed by atoms with Gasteiger partial charge < -0.3 is 10.2 Å². The molecule has 0 radical (unpaired) electrons. The van der Waals surface area contributed by atoms with Crippen LogP contribution in [-0.4, -0.2) is 39.4 Å². The van der Waals surface area contributed by atoms with E-state index in [1.807, 2.05) is 29.2 Å². The van der Waals surface area contributed by atoms with Gasteiger partial charge in [-0.15, -0.1) is 0 Å². The summed E-state index contributed by atoms with van der Waals surface area (Å²) in [6.45, 7) is 0.728. The lowest BCUT2D eigenvalue weighted by Gasteiger charge is -2.24. The first-order chi connectivity index (χ1) is 12.8. The van der Waals surface area contributed by atoms with E-state index in [0.717, 1.165) is 36.2 Å². The summed E-state index contributed by atoms with van der Waals surface area (Å²) >= 11 is 0. The topological polar surface area (TPSA) is 58.1 Å². The maximum atomic E-state index is 12.6. The fourth-order valence-electron chi connectivity index (χ4n) is 4.17. The Morgan fingerprint density at radius 1 is 0.923 bits per heavy atom. The molecule has 0 spiro atoms. The molecule has 1 atom stereocenters. The average Bonchev–Trinajstić information content (AvgIpc) is 3.24. The van der Waals surface area contributed by atoms with E-state index in [9.17, 15) is 4.79 Å². The lowest BCUT2D eigenvalue weighted by atomic mass is 10.1. The number of likely N-dealkylation sites (tertiary alicyclic amines) is 1. The molecule has 5 nitrogen and oxygen atoms in total. The van der Waals surface area contributed by atoms with Gasteiger partial charge in [-0.3, -0.25) is 9.78 Å². The first-order valence-corrected chi connectivity index (χ1v) is 9.11. The molecule has 0 bridgehead atoms. The number of anilines is 1. The number of nitrogens with zero attached hydrogens (tertiary/aromatic N) is 3. The zero-order valence-electron chi connectivity index (χ0n) is 14.4. The third-order valence-corrected chi connectivity index (χ3v) is 5.43. The molecule has 1 aliphatic carbocycles. The van der Waals surface area contributed by atoms with E-state index in [4.69, 9.17) is 0 Å². The van der Waals surface area contributed by atoms with Crippen LogP contribution in [0.5, 0.6) is 0 Å². The van der Waals surface area contributed by atoms with Gasteiger partial charge in [-0.2, -0.15) is 0 Å². The van der Waals surface area contributed by atoms with E-state index in [2.05, 4.69) is 39.6 Å². The molecule has 1 aromatic heterocycles. The second kappa shape index (κ2) is 6.09. The van der Waals surface area contributed by atoms with Crippen LogP contribution >= 0.6 is 0 Å². The molecular weight excluding hydrogens is 324 g/mol. The summed E-state index contributed by atoms with van der Waals surface area (Å²) in [6, 6.07) is 16.7. The number of carbonyl (C=O) groups excluding carboxylic acids is 1. The summed E-state index contributed by atoms with van der Waals surface area (Å²) in [5, 5.41) is 3.40. The van der Waals surface area contributed by atoms with Crippen molar-refractivity contribution in [1.29, 1.82) is 0 Å². The van der Waals surface area contributed by atoms with Crippen molar-refractivity contribution in [1.82, 2.24) is 14.9 Å². The minimum atomic E-state index is 0.0849. The first-order valence-electron chi connectivity index (χ1n) is 9.11. The Labute approximate surface area is 152 Å². The number of aromatic nitrogens is 2. The van der Waals surface area contributed by atoms with Gasteiger partial charge in [0.05, 0.1) is 23.3 Å². The van der Waals surface area contributed by atoms with Crippen molar-refractivity contribution >= 4 is 22.8 Å². The Balaban J connectivity index is 1.29. The Kier molecular flexibility index (Phi) is 3.59. The standard InChI is InChI=1S/C21H20N4O/c26-21-11-16(23-20-12-22-18-7-3-4-8-19(18)24-20)13-25(21)17-9-14-5-1-2-6-15(14)10-17/h1-8,12,16-17H,9-11,13H2,(H,23,24)/t16-/m1/s1. The lowest BCUT2D eigenvalue weighted by Crippen LogP contribution is -2.38. The molecule has 3 aromatic rings. The average molecular weight is 344 g/mol. The Morgan fingerprint density at radius 3 is 2.38 bits per heavy atom. The second-order valence-corrected chi connectivity index (χ2v) is 7.17. The van der Waals surface area contributed by atoms with Crippen LogP contribution in [0, 0.1) is 0 Å². The van der Waals surface area contributed by atoms with E-state index in [0.29, 0.717) is 6.42 Å². The van der Waals surface area contributed by atoms with Crippen LogP contribution in [0.1, 0.15) is 17.5 Å². The van der Waals surface area contributed by atoms with Gasteiger partial charge in [0.2, 0.25) is 5.91 Å². The molecule has 1 saturated heterocycles. The van der Waals surface area contributed by atoms with E-state index in [1.165, 1.54) is 11.1 Å². The van der Waals surface area contributed by atoms with E-state index >= 15 is 0 Å². The SMILES string of the molecule is O=C1C[C@@H](Nc2cnc3ccccc3n2)CN1C1Cc2ccccc2C1. The second-order valence-electron chi connectivity index (χ2n) is 7.17.